The molecule has 274 valence electrons. The molecule has 1 N–H and O–H groups in total. The number of benzene rings is 1. The van der Waals surface area contributed by atoms with Gasteiger partial charge in [-0.2, -0.15) is 0 Å². The van der Waals surface area contributed by atoms with Gasteiger partial charge in [0, 0.05) is 74.0 Å². The number of rotatable bonds is 17. The van der Waals surface area contributed by atoms with Crippen molar-refractivity contribution in [2.45, 2.75) is 96.5 Å². The lowest BCUT2D eigenvalue weighted by atomic mass is 10.1. The fourth-order valence-electron chi connectivity index (χ4n) is 5.60. The lowest BCUT2D eigenvalue weighted by Gasteiger charge is -2.28. The van der Waals surface area contributed by atoms with E-state index in [9.17, 15) is 4.55 Å². The molecule has 1 aliphatic rings. The summed E-state index contributed by atoms with van der Waals surface area (Å²) in [5.74, 6) is 1.07. The predicted molar refractivity (Wildman–Crippen MR) is 197 cm³/mol. The zero-order chi connectivity index (χ0) is 36.1. The number of ether oxygens (including phenoxy) is 5. The molecule has 12 nitrogen and oxygen atoms in total. The monoisotopic (exact) mass is 727 g/mol. The minimum atomic E-state index is -1.41. The standard InChI is InChI=1S/C36H53N5O7SSi/c1-25-11-12-27-20-28(32(43-6)21-29(27)37-25)30-22-41(24-45-17-18-50(7,8)9)34(38-30)31(40-49(42)35(3,4)5)23-44-14-10-13-36(46-15-16-47-36)33-19-26(2)48-39-33/h11-12,19-22,31,40H,10,13-18,23-24H2,1-9H3/t31-,49?/m0/s1. The number of nitrogens with one attached hydrogen (secondary N) is 1. The Hall–Kier alpha value is -2.82. The highest BCUT2D eigenvalue weighted by atomic mass is 32.2. The first-order valence-electron chi connectivity index (χ1n) is 17.3. The van der Waals surface area contributed by atoms with Crippen LogP contribution in [0.5, 0.6) is 5.75 Å². The van der Waals surface area contributed by atoms with Gasteiger partial charge in [-0.3, -0.25) is 4.98 Å². The van der Waals surface area contributed by atoms with Crippen LogP contribution in [0.2, 0.25) is 25.7 Å². The van der Waals surface area contributed by atoms with Gasteiger partial charge in [-0.15, -0.1) is 4.72 Å². The molecule has 1 unspecified atom stereocenters. The molecule has 1 saturated heterocycles. The fourth-order valence-corrected chi connectivity index (χ4v) is 7.14. The second-order valence-electron chi connectivity index (χ2n) is 15.0. The summed E-state index contributed by atoms with van der Waals surface area (Å²) in [6.45, 7) is 19.2. The van der Waals surface area contributed by atoms with Crippen LogP contribution in [0.1, 0.15) is 62.6 Å². The van der Waals surface area contributed by atoms with E-state index in [-0.39, 0.29) is 13.3 Å². The van der Waals surface area contributed by atoms with Crippen LogP contribution in [0.4, 0.5) is 0 Å². The van der Waals surface area contributed by atoms with Crippen molar-refractivity contribution in [3.05, 3.63) is 59.5 Å². The highest BCUT2D eigenvalue weighted by molar-refractivity contribution is 7.90. The Bertz CT molecular complexity index is 1710. The Morgan fingerprint density at radius 2 is 1.82 bits per heavy atom. The first-order chi connectivity index (χ1) is 23.7. The van der Waals surface area contributed by atoms with Crippen molar-refractivity contribution in [2.75, 3.05) is 40.1 Å². The molecule has 1 fully saturated rings. The van der Waals surface area contributed by atoms with Gasteiger partial charge in [0.15, 0.2) is 0 Å². The third-order valence-corrected chi connectivity index (χ3v) is 11.7. The second-order valence-corrected chi connectivity index (χ2v) is 22.6. The Morgan fingerprint density at radius 3 is 2.48 bits per heavy atom. The molecule has 1 aliphatic heterocycles. The summed E-state index contributed by atoms with van der Waals surface area (Å²) in [5.41, 5.74) is 3.95. The van der Waals surface area contributed by atoms with E-state index in [1.54, 1.807) is 7.11 Å². The Morgan fingerprint density at radius 1 is 1.06 bits per heavy atom. The highest BCUT2D eigenvalue weighted by Gasteiger charge is 2.41. The number of imidazole rings is 1. The van der Waals surface area contributed by atoms with Gasteiger partial charge < -0.3 is 37.3 Å². The van der Waals surface area contributed by atoms with Crippen LogP contribution >= 0.6 is 0 Å². The zero-order valence-corrected chi connectivity index (χ0v) is 32.8. The number of pyridine rings is 1. The van der Waals surface area contributed by atoms with Gasteiger partial charge in [0.05, 0.1) is 38.1 Å². The third kappa shape index (κ3) is 9.73. The summed E-state index contributed by atoms with van der Waals surface area (Å²) < 4.78 is 54.0. The topological polar surface area (TPSA) is 138 Å². The minimum absolute atomic E-state index is 0.225. The van der Waals surface area contributed by atoms with Crippen molar-refractivity contribution in [1.82, 2.24) is 24.4 Å². The Labute approximate surface area is 299 Å². The van der Waals surface area contributed by atoms with Gasteiger partial charge in [0.25, 0.3) is 0 Å². The molecule has 0 bridgehead atoms. The molecule has 0 saturated carbocycles. The maximum atomic E-state index is 13.6. The number of methoxy groups -OCH3 is 1. The number of aryl methyl sites for hydroxylation is 2. The molecule has 0 amide bonds. The van der Waals surface area contributed by atoms with Crippen LogP contribution in [0, 0.1) is 13.8 Å². The van der Waals surface area contributed by atoms with Gasteiger partial charge in [-0.1, -0.05) is 30.9 Å². The predicted octanol–water partition coefficient (Wildman–Crippen LogP) is 6.81. The summed E-state index contributed by atoms with van der Waals surface area (Å²) >= 11 is -1.41. The molecule has 4 heterocycles. The maximum absolute atomic E-state index is 13.6. The first-order valence-corrected chi connectivity index (χ1v) is 22.1. The van der Waals surface area contributed by atoms with E-state index in [1.165, 1.54) is 0 Å². The van der Waals surface area contributed by atoms with Crippen LogP contribution < -0.4 is 9.46 Å². The summed E-state index contributed by atoms with van der Waals surface area (Å²) in [4.78, 5) is 9.83. The average molecular weight is 728 g/mol. The molecule has 50 heavy (non-hydrogen) atoms. The minimum Gasteiger partial charge on any atom is -0.598 e. The van der Waals surface area contributed by atoms with Gasteiger partial charge in [0.1, 0.15) is 40.5 Å². The van der Waals surface area contributed by atoms with Gasteiger partial charge in [-0.25, -0.2) is 4.98 Å². The van der Waals surface area contributed by atoms with Crippen molar-refractivity contribution in [2.24, 2.45) is 0 Å². The Balaban J connectivity index is 1.41. The zero-order valence-electron chi connectivity index (χ0n) is 31.0. The normalized spacial score (nSPS) is 16.3. The number of aromatic nitrogens is 4. The molecule has 5 rings (SSSR count). The van der Waals surface area contributed by atoms with Crippen LogP contribution in [0.15, 0.2) is 41.1 Å². The number of hydrogen-bond donors (Lipinski definition) is 1. The third-order valence-electron chi connectivity index (χ3n) is 8.43. The second kappa shape index (κ2) is 16.2. The highest BCUT2D eigenvalue weighted by Crippen LogP contribution is 2.37. The van der Waals surface area contributed by atoms with Crippen molar-refractivity contribution in [3.8, 4) is 17.0 Å². The van der Waals surface area contributed by atoms with Crippen molar-refractivity contribution >= 4 is 30.3 Å². The molecule has 1 aromatic carbocycles. The van der Waals surface area contributed by atoms with E-state index < -0.39 is 36.0 Å². The van der Waals surface area contributed by atoms with Crippen LogP contribution in [0.3, 0.4) is 0 Å². The largest absolute Gasteiger partial charge is 0.598 e. The summed E-state index contributed by atoms with van der Waals surface area (Å²) in [7, 11) is 0.354. The number of fused-ring (bicyclic) bond motifs is 1. The maximum Gasteiger partial charge on any atom is 0.216 e. The summed E-state index contributed by atoms with van der Waals surface area (Å²) in [5, 5.41) is 5.14. The van der Waals surface area contributed by atoms with Crippen molar-refractivity contribution in [3.63, 3.8) is 0 Å². The van der Waals surface area contributed by atoms with Crippen molar-refractivity contribution < 1.29 is 32.8 Å². The molecule has 3 aromatic heterocycles. The molecule has 2 atom stereocenters. The fraction of sp³-hybridized carbons (Fsp3) is 0.583. The molecule has 0 aliphatic carbocycles. The van der Waals surface area contributed by atoms with Crippen molar-refractivity contribution in [1.29, 1.82) is 0 Å². The van der Waals surface area contributed by atoms with Gasteiger partial charge in [-0.05, 0) is 59.2 Å². The van der Waals surface area contributed by atoms with E-state index in [0.717, 1.165) is 28.2 Å². The van der Waals surface area contributed by atoms with E-state index in [1.807, 2.05) is 63.6 Å². The van der Waals surface area contributed by atoms with E-state index in [4.69, 9.17) is 33.2 Å². The molecular weight excluding hydrogens is 675 g/mol. The average Bonchev–Trinajstić information content (AvgIpc) is 3.81. The van der Waals surface area contributed by atoms with Crippen LogP contribution in [-0.4, -0.2) is 77.2 Å². The molecule has 0 radical (unpaired) electrons. The molecular formula is C36H53N5O7SSi. The number of hydrogen-bond acceptors (Lipinski definition) is 11. The molecule has 14 heteroatoms. The molecule has 4 aromatic rings. The summed E-state index contributed by atoms with van der Waals surface area (Å²) in [6, 6.07) is 10.4. The van der Waals surface area contributed by atoms with E-state index >= 15 is 0 Å². The van der Waals surface area contributed by atoms with Crippen LogP contribution in [0.25, 0.3) is 22.2 Å². The quantitative estimate of drug-likeness (QED) is 0.0697. The van der Waals surface area contributed by atoms with Gasteiger partial charge >= 0.3 is 0 Å². The number of nitrogens with zero attached hydrogens (tertiary/aromatic N) is 4. The molecule has 0 spiro atoms. The van der Waals surface area contributed by atoms with Gasteiger partial charge in [0.2, 0.25) is 5.79 Å². The lowest BCUT2D eigenvalue weighted by molar-refractivity contribution is -0.177. The Kier molecular flexibility index (Phi) is 12.5. The van der Waals surface area contributed by atoms with Crippen LogP contribution in [-0.2, 0) is 42.8 Å². The SMILES string of the molecule is COc1cc2nc(C)ccc2cc1-c1cn(COCC[Si](C)(C)C)c([C@H](COCCCC2(c3cc(C)on3)OCCO2)N[S+]([O-])C(C)(C)C)n1. The first kappa shape index (κ1) is 38.4. The lowest BCUT2D eigenvalue weighted by Crippen LogP contribution is -2.43. The summed E-state index contributed by atoms with van der Waals surface area (Å²) in [6.07, 6.45) is 3.16. The van der Waals surface area contributed by atoms with E-state index in [0.29, 0.717) is 68.0 Å². The van der Waals surface area contributed by atoms with E-state index in [2.05, 4.69) is 46.6 Å². The smallest absolute Gasteiger partial charge is 0.216 e.